The summed E-state index contributed by atoms with van der Waals surface area (Å²) in [6.07, 6.45) is 1.99. The van der Waals surface area contributed by atoms with Gasteiger partial charge in [0.05, 0.1) is 37.1 Å². The highest BCUT2D eigenvalue weighted by molar-refractivity contribution is 7.22. The van der Waals surface area contributed by atoms with Crippen LogP contribution in [0.15, 0.2) is 42.5 Å². The molecule has 1 atom stereocenters. The zero-order valence-corrected chi connectivity index (χ0v) is 16.7. The largest absolute Gasteiger partial charge is 0.497 e. The van der Waals surface area contributed by atoms with Gasteiger partial charge in [0.2, 0.25) is 0 Å². The molecule has 0 saturated carbocycles. The fraction of sp³-hybridized carbons (Fsp3) is 0.333. The summed E-state index contributed by atoms with van der Waals surface area (Å²) in [6, 6.07) is 12.9. The number of ether oxygens (including phenoxy) is 3. The second kappa shape index (κ2) is 8.16. The van der Waals surface area contributed by atoms with Gasteiger partial charge in [0.25, 0.3) is 5.91 Å². The number of carbonyl (C=O) groups excluding carboxylic acids is 1. The first-order valence-corrected chi connectivity index (χ1v) is 10.0. The van der Waals surface area contributed by atoms with E-state index < -0.39 is 0 Å². The van der Waals surface area contributed by atoms with Gasteiger partial charge in [0.15, 0.2) is 5.13 Å². The van der Waals surface area contributed by atoms with Gasteiger partial charge in [-0.15, -0.1) is 0 Å². The minimum absolute atomic E-state index is 0.0242. The van der Waals surface area contributed by atoms with E-state index in [1.165, 1.54) is 11.3 Å². The molecule has 1 saturated heterocycles. The van der Waals surface area contributed by atoms with E-state index in [0.29, 0.717) is 23.0 Å². The molecule has 146 valence electrons. The number of aromatic nitrogens is 1. The molecule has 1 fully saturated rings. The first kappa shape index (κ1) is 18.7. The van der Waals surface area contributed by atoms with E-state index in [1.807, 2.05) is 30.3 Å². The predicted molar refractivity (Wildman–Crippen MR) is 110 cm³/mol. The minimum atomic E-state index is -0.111. The normalized spacial score (nSPS) is 16.3. The Morgan fingerprint density at radius 2 is 2.04 bits per heavy atom. The highest BCUT2D eigenvalue weighted by Crippen LogP contribution is 2.33. The van der Waals surface area contributed by atoms with Crippen molar-refractivity contribution < 1.29 is 19.0 Å². The SMILES string of the molecule is COc1cccc(C(=O)N(CC2CCCO2)c2nc3ccc(OC)cc3s2)c1. The third-order valence-corrected chi connectivity index (χ3v) is 5.83. The molecule has 1 aliphatic heterocycles. The Balaban J connectivity index is 1.71. The van der Waals surface area contributed by atoms with Crippen LogP contribution in [-0.2, 0) is 4.74 Å². The molecule has 1 unspecified atom stereocenters. The van der Waals surface area contributed by atoms with Gasteiger partial charge in [-0.25, -0.2) is 4.98 Å². The lowest BCUT2D eigenvalue weighted by atomic mass is 10.1. The molecule has 0 N–H and O–H groups in total. The molecule has 0 bridgehead atoms. The lowest BCUT2D eigenvalue weighted by Gasteiger charge is -2.23. The first-order chi connectivity index (χ1) is 13.7. The molecular formula is C21H22N2O4S. The van der Waals surface area contributed by atoms with Crippen molar-refractivity contribution in [3.05, 3.63) is 48.0 Å². The van der Waals surface area contributed by atoms with Crippen LogP contribution in [0.5, 0.6) is 11.5 Å². The summed E-state index contributed by atoms with van der Waals surface area (Å²) in [6.45, 7) is 1.22. The minimum Gasteiger partial charge on any atom is -0.497 e. The molecule has 0 aliphatic carbocycles. The van der Waals surface area contributed by atoms with Crippen LogP contribution in [0.3, 0.4) is 0 Å². The molecule has 4 rings (SSSR count). The van der Waals surface area contributed by atoms with Crippen LogP contribution in [0.1, 0.15) is 23.2 Å². The van der Waals surface area contributed by atoms with Crippen LogP contribution in [0.2, 0.25) is 0 Å². The maximum Gasteiger partial charge on any atom is 0.260 e. The summed E-state index contributed by atoms with van der Waals surface area (Å²) in [7, 11) is 3.23. The van der Waals surface area contributed by atoms with Crippen molar-refractivity contribution in [3.8, 4) is 11.5 Å². The van der Waals surface area contributed by atoms with Crippen molar-refractivity contribution in [1.82, 2.24) is 4.98 Å². The molecule has 28 heavy (non-hydrogen) atoms. The van der Waals surface area contributed by atoms with E-state index in [4.69, 9.17) is 19.2 Å². The van der Waals surface area contributed by atoms with Crippen LogP contribution in [0, 0.1) is 0 Å². The van der Waals surface area contributed by atoms with E-state index in [9.17, 15) is 4.79 Å². The van der Waals surface area contributed by atoms with Crippen molar-refractivity contribution in [2.24, 2.45) is 0 Å². The molecule has 1 amide bonds. The topological polar surface area (TPSA) is 60.9 Å². The van der Waals surface area contributed by atoms with Crippen LogP contribution in [0.4, 0.5) is 5.13 Å². The maximum atomic E-state index is 13.4. The standard InChI is InChI=1S/C21H22N2O4S/c1-25-15-6-3-5-14(11-15)20(24)23(13-17-7-4-10-27-17)21-22-18-9-8-16(26-2)12-19(18)28-21/h3,5-6,8-9,11-12,17H,4,7,10,13H2,1-2H3. The second-order valence-electron chi connectivity index (χ2n) is 6.61. The molecule has 3 aromatic rings. The Bertz CT molecular complexity index is 981. The number of rotatable bonds is 6. The van der Waals surface area contributed by atoms with Crippen LogP contribution < -0.4 is 14.4 Å². The lowest BCUT2D eigenvalue weighted by Crippen LogP contribution is -2.37. The summed E-state index contributed by atoms with van der Waals surface area (Å²) in [5.74, 6) is 1.31. The quantitative estimate of drug-likeness (QED) is 0.625. The van der Waals surface area contributed by atoms with Gasteiger partial charge in [-0.2, -0.15) is 0 Å². The predicted octanol–water partition coefficient (Wildman–Crippen LogP) is 4.14. The van der Waals surface area contributed by atoms with Crippen molar-refractivity contribution in [1.29, 1.82) is 0 Å². The van der Waals surface area contributed by atoms with E-state index >= 15 is 0 Å². The monoisotopic (exact) mass is 398 g/mol. The van der Waals surface area contributed by atoms with Gasteiger partial charge in [-0.1, -0.05) is 17.4 Å². The van der Waals surface area contributed by atoms with Gasteiger partial charge in [0.1, 0.15) is 11.5 Å². The summed E-state index contributed by atoms with van der Waals surface area (Å²) in [5, 5.41) is 0.659. The molecule has 0 radical (unpaired) electrons. The van der Waals surface area contributed by atoms with Gasteiger partial charge in [-0.3, -0.25) is 9.69 Å². The number of methoxy groups -OCH3 is 2. The average molecular weight is 398 g/mol. The smallest absolute Gasteiger partial charge is 0.260 e. The van der Waals surface area contributed by atoms with Crippen molar-refractivity contribution in [2.45, 2.75) is 18.9 Å². The number of hydrogen-bond donors (Lipinski definition) is 0. The summed E-state index contributed by atoms with van der Waals surface area (Å²) in [4.78, 5) is 19.8. The number of hydrogen-bond acceptors (Lipinski definition) is 6. The molecule has 1 aromatic heterocycles. The Morgan fingerprint density at radius 3 is 2.79 bits per heavy atom. The average Bonchev–Trinajstić information content (AvgIpc) is 3.40. The highest BCUT2D eigenvalue weighted by Gasteiger charge is 2.27. The molecule has 7 heteroatoms. The lowest BCUT2D eigenvalue weighted by molar-refractivity contribution is 0.0917. The third-order valence-electron chi connectivity index (χ3n) is 4.79. The van der Waals surface area contributed by atoms with Crippen LogP contribution in [0.25, 0.3) is 10.2 Å². The van der Waals surface area contributed by atoms with Crippen molar-refractivity contribution >= 4 is 32.6 Å². The number of amides is 1. The van der Waals surface area contributed by atoms with Gasteiger partial charge in [0, 0.05) is 12.2 Å². The van der Waals surface area contributed by atoms with E-state index in [2.05, 4.69) is 0 Å². The molecule has 2 heterocycles. The molecule has 2 aromatic carbocycles. The van der Waals surface area contributed by atoms with Crippen LogP contribution >= 0.6 is 11.3 Å². The Hall–Kier alpha value is -2.64. The first-order valence-electron chi connectivity index (χ1n) is 9.20. The molecule has 6 nitrogen and oxygen atoms in total. The number of benzene rings is 2. The number of anilines is 1. The Kier molecular flexibility index (Phi) is 5.45. The molecule has 0 spiro atoms. The van der Waals surface area contributed by atoms with Gasteiger partial charge in [-0.05, 0) is 49.2 Å². The maximum absolute atomic E-state index is 13.4. The highest BCUT2D eigenvalue weighted by atomic mass is 32.1. The number of thiazole rings is 1. The zero-order valence-electron chi connectivity index (χ0n) is 15.9. The Morgan fingerprint density at radius 1 is 1.21 bits per heavy atom. The van der Waals surface area contributed by atoms with E-state index in [1.54, 1.807) is 31.3 Å². The van der Waals surface area contributed by atoms with E-state index in [-0.39, 0.29) is 12.0 Å². The number of fused-ring (bicyclic) bond motifs is 1. The summed E-state index contributed by atoms with van der Waals surface area (Å²) < 4.78 is 17.3. The van der Waals surface area contributed by atoms with Gasteiger partial charge < -0.3 is 14.2 Å². The fourth-order valence-corrected chi connectivity index (χ4v) is 4.29. The molecular weight excluding hydrogens is 376 g/mol. The second-order valence-corrected chi connectivity index (χ2v) is 7.62. The van der Waals surface area contributed by atoms with E-state index in [0.717, 1.165) is 35.4 Å². The fourth-order valence-electron chi connectivity index (χ4n) is 3.29. The third kappa shape index (κ3) is 3.81. The summed E-state index contributed by atoms with van der Waals surface area (Å²) >= 11 is 1.48. The van der Waals surface area contributed by atoms with Gasteiger partial charge >= 0.3 is 0 Å². The molecule has 1 aliphatic rings. The van der Waals surface area contributed by atoms with Crippen molar-refractivity contribution in [2.75, 3.05) is 32.3 Å². The number of carbonyl (C=O) groups is 1. The summed E-state index contributed by atoms with van der Waals surface area (Å²) in [5.41, 5.74) is 1.41. The zero-order chi connectivity index (χ0) is 19.5. The Labute approximate surface area is 167 Å². The van der Waals surface area contributed by atoms with Crippen LogP contribution in [-0.4, -0.2) is 44.4 Å². The van der Waals surface area contributed by atoms with Crippen molar-refractivity contribution in [3.63, 3.8) is 0 Å². The number of nitrogens with zero attached hydrogens (tertiary/aromatic N) is 2.